The van der Waals surface area contributed by atoms with Crippen LogP contribution in [0.4, 0.5) is 5.69 Å². The minimum Gasteiger partial charge on any atom is -0.441 e. The molecule has 3 aromatic rings. The Kier molecular flexibility index (Phi) is 6.31. The number of aryl methyl sites for hydroxylation is 2. The van der Waals surface area contributed by atoms with Crippen molar-refractivity contribution in [3.05, 3.63) is 71.7 Å². The van der Waals surface area contributed by atoms with E-state index in [9.17, 15) is 9.59 Å². The number of nitrogens with zero attached hydrogens (tertiary/aromatic N) is 2. The molecule has 0 bridgehead atoms. The lowest BCUT2D eigenvalue weighted by atomic mass is 10.1. The summed E-state index contributed by atoms with van der Waals surface area (Å²) in [4.78, 5) is 30.1. The molecule has 0 atom stereocenters. The molecule has 0 aliphatic carbocycles. The third-order valence-electron chi connectivity index (χ3n) is 5.29. The molecule has 1 saturated heterocycles. The SMILES string of the molecule is Cc1ccc(-c2cnc(CCC(=O)NCc3ccc(N4CCNC(=O)C4)cc3)o2)cc1. The summed E-state index contributed by atoms with van der Waals surface area (Å²) in [5.74, 6) is 1.26. The van der Waals surface area contributed by atoms with Crippen LogP contribution in [-0.4, -0.2) is 36.4 Å². The summed E-state index contributed by atoms with van der Waals surface area (Å²) >= 11 is 0. The van der Waals surface area contributed by atoms with Gasteiger partial charge < -0.3 is 20.0 Å². The van der Waals surface area contributed by atoms with Gasteiger partial charge in [-0.2, -0.15) is 0 Å². The molecule has 2 heterocycles. The molecule has 31 heavy (non-hydrogen) atoms. The normalized spacial score (nSPS) is 13.7. The largest absolute Gasteiger partial charge is 0.441 e. The van der Waals surface area contributed by atoms with Crippen LogP contribution in [0.3, 0.4) is 0 Å². The van der Waals surface area contributed by atoms with Crippen LogP contribution < -0.4 is 15.5 Å². The molecule has 2 N–H and O–H groups in total. The third kappa shape index (κ3) is 5.51. The first-order valence-corrected chi connectivity index (χ1v) is 10.5. The van der Waals surface area contributed by atoms with Crippen molar-refractivity contribution in [1.82, 2.24) is 15.6 Å². The quantitative estimate of drug-likeness (QED) is 0.616. The van der Waals surface area contributed by atoms with Crippen molar-refractivity contribution in [3.8, 4) is 11.3 Å². The fourth-order valence-corrected chi connectivity index (χ4v) is 3.47. The van der Waals surface area contributed by atoms with E-state index in [1.807, 2.05) is 60.4 Å². The van der Waals surface area contributed by atoms with Gasteiger partial charge in [0.1, 0.15) is 0 Å². The van der Waals surface area contributed by atoms with Gasteiger partial charge in [0.25, 0.3) is 0 Å². The molecule has 1 aromatic heterocycles. The molecule has 1 aliphatic rings. The number of aromatic nitrogens is 1. The van der Waals surface area contributed by atoms with Crippen molar-refractivity contribution in [2.75, 3.05) is 24.5 Å². The first kappa shape index (κ1) is 20.7. The van der Waals surface area contributed by atoms with Crippen LogP contribution in [0.2, 0.25) is 0 Å². The van der Waals surface area contributed by atoms with Crippen LogP contribution in [0, 0.1) is 6.92 Å². The Morgan fingerprint density at radius 3 is 2.68 bits per heavy atom. The highest BCUT2D eigenvalue weighted by molar-refractivity contribution is 5.82. The number of amides is 2. The molecular weight excluding hydrogens is 392 g/mol. The third-order valence-corrected chi connectivity index (χ3v) is 5.29. The monoisotopic (exact) mass is 418 g/mol. The Labute approximate surface area is 181 Å². The summed E-state index contributed by atoms with van der Waals surface area (Å²) < 4.78 is 5.78. The second-order valence-corrected chi connectivity index (χ2v) is 7.70. The highest BCUT2D eigenvalue weighted by atomic mass is 16.4. The molecule has 0 unspecified atom stereocenters. The summed E-state index contributed by atoms with van der Waals surface area (Å²) in [5, 5.41) is 5.76. The van der Waals surface area contributed by atoms with Crippen LogP contribution in [0.15, 0.2) is 59.1 Å². The Hall–Kier alpha value is -3.61. The van der Waals surface area contributed by atoms with Gasteiger partial charge in [-0.05, 0) is 24.6 Å². The van der Waals surface area contributed by atoms with Crippen molar-refractivity contribution in [2.45, 2.75) is 26.3 Å². The second kappa shape index (κ2) is 9.47. The minimum atomic E-state index is -0.0492. The molecular formula is C24H26N4O3. The van der Waals surface area contributed by atoms with Crippen molar-refractivity contribution in [3.63, 3.8) is 0 Å². The molecule has 7 heteroatoms. The molecule has 1 fully saturated rings. The number of carbonyl (C=O) groups excluding carboxylic acids is 2. The predicted molar refractivity (Wildman–Crippen MR) is 119 cm³/mol. The van der Waals surface area contributed by atoms with Crippen LogP contribution in [0.25, 0.3) is 11.3 Å². The van der Waals surface area contributed by atoms with E-state index >= 15 is 0 Å². The maximum Gasteiger partial charge on any atom is 0.239 e. The van der Waals surface area contributed by atoms with Crippen LogP contribution in [0.1, 0.15) is 23.4 Å². The first-order chi connectivity index (χ1) is 15.1. The van der Waals surface area contributed by atoms with Gasteiger partial charge in [-0.1, -0.05) is 42.0 Å². The Morgan fingerprint density at radius 1 is 1.16 bits per heavy atom. The molecule has 160 valence electrons. The van der Waals surface area contributed by atoms with Gasteiger partial charge in [0.2, 0.25) is 11.8 Å². The topological polar surface area (TPSA) is 87.5 Å². The van der Waals surface area contributed by atoms with Gasteiger partial charge in [0, 0.05) is 43.7 Å². The minimum absolute atomic E-state index is 0.0413. The Bertz CT molecular complexity index is 1040. The maximum atomic E-state index is 12.2. The molecule has 2 aromatic carbocycles. The summed E-state index contributed by atoms with van der Waals surface area (Å²) in [6, 6.07) is 16.0. The van der Waals surface area contributed by atoms with Gasteiger partial charge in [-0.15, -0.1) is 0 Å². The highest BCUT2D eigenvalue weighted by Gasteiger charge is 2.16. The van der Waals surface area contributed by atoms with E-state index in [1.165, 1.54) is 5.56 Å². The van der Waals surface area contributed by atoms with Crippen molar-refractivity contribution in [1.29, 1.82) is 0 Å². The van der Waals surface area contributed by atoms with Crippen LogP contribution >= 0.6 is 0 Å². The first-order valence-electron chi connectivity index (χ1n) is 10.5. The molecule has 2 amide bonds. The summed E-state index contributed by atoms with van der Waals surface area (Å²) in [7, 11) is 0. The number of anilines is 1. The number of piperazine rings is 1. The van der Waals surface area contributed by atoms with Gasteiger partial charge >= 0.3 is 0 Å². The predicted octanol–water partition coefficient (Wildman–Crippen LogP) is 2.84. The standard InChI is InChI=1S/C24H26N4O3/c1-17-2-6-19(7-3-17)21-15-27-24(31-21)11-10-22(29)26-14-18-4-8-20(9-5-18)28-13-12-25-23(30)16-28/h2-9,15H,10-14,16H2,1H3,(H,25,30)(H,26,29). The molecule has 0 radical (unpaired) electrons. The molecule has 7 nitrogen and oxygen atoms in total. The molecule has 4 rings (SSSR count). The van der Waals surface area contributed by atoms with E-state index in [0.29, 0.717) is 44.1 Å². The zero-order valence-corrected chi connectivity index (χ0v) is 17.6. The molecule has 1 aliphatic heterocycles. The fraction of sp³-hybridized carbons (Fsp3) is 0.292. The fourth-order valence-electron chi connectivity index (χ4n) is 3.47. The Morgan fingerprint density at radius 2 is 1.94 bits per heavy atom. The summed E-state index contributed by atoms with van der Waals surface area (Å²) in [6.07, 6.45) is 2.47. The zero-order valence-electron chi connectivity index (χ0n) is 17.6. The Balaban J connectivity index is 1.23. The number of rotatable bonds is 7. The average molecular weight is 418 g/mol. The van der Waals surface area contributed by atoms with Crippen molar-refractivity contribution < 1.29 is 14.0 Å². The highest BCUT2D eigenvalue weighted by Crippen LogP contribution is 2.21. The van der Waals surface area contributed by atoms with Crippen LogP contribution in [0.5, 0.6) is 0 Å². The van der Waals surface area contributed by atoms with Crippen molar-refractivity contribution >= 4 is 17.5 Å². The van der Waals surface area contributed by atoms with Crippen LogP contribution in [-0.2, 0) is 22.6 Å². The van der Waals surface area contributed by atoms with Gasteiger partial charge in [-0.25, -0.2) is 4.98 Å². The second-order valence-electron chi connectivity index (χ2n) is 7.70. The van der Waals surface area contributed by atoms with E-state index in [0.717, 1.165) is 23.4 Å². The molecule has 0 saturated carbocycles. The van der Waals surface area contributed by atoms with Crippen molar-refractivity contribution in [2.24, 2.45) is 0 Å². The van der Waals surface area contributed by atoms with E-state index in [-0.39, 0.29) is 11.8 Å². The van der Waals surface area contributed by atoms with Gasteiger partial charge in [0.05, 0.1) is 12.7 Å². The van der Waals surface area contributed by atoms with E-state index in [1.54, 1.807) is 6.20 Å². The number of benzene rings is 2. The lowest BCUT2D eigenvalue weighted by Crippen LogP contribution is -2.47. The zero-order chi connectivity index (χ0) is 21.6. The van der Waals surface area contributed by atoms with E-state index in [4.69, 9.17) is 4.42 Å². The number of hydrogen-bond acceptors (Lipinski definition) is 5. The number of carbonyl (C=O) groups is 2. The lowest BCUT2D eigenvalue weighted by Gasteiger charge is -2.28. The number of nitrogens with one attached hydrogen (secondary N) is 2. The molecule has 0 spiro atoms. The van der Waals surface area contributed by atoms with E-state index < -0.39 is 0 Å². The maximum absolute atomic E-state index is 12.2. The van der Waals surface area contributed by atoms with E-state index in [2.05, 4.69) is 15.6 Å². The summed E-state index contributed by atoms with van der Waals surface area (Å²) in [5.41, 5.74) is 4.19. The smallest absolute Gasteiger partial charge is 0.239 e. The van der Waals surface area contributed by atoms with Gasteiger partial charge in [0.15, 0.2) is 11.7 Å². The number of hydrogen-bond donors (Lipinski definition) is 2. The average Bonchev–Trinajstić information content (AvgIpc) is 3.26. The van der Waals surface area contributed by atoms with Gasteiger partial charge in [-0.3, -0.25) is 9.59 Å². The number of oxazole rings is 1. The summed E-state index contributed by atoms with van der Waals surface area (Å²) in [6.45, 7) is 4.33. The lowest BCUT2D eigenvalue weighted by molar-refractivity contribution is -0.121.